The van der Waals surface area contributed by atoms with Crippen molar-refractivity contribution in [3.8, 4) is 5.75 Å². The van der Waals surface area contributed by atoms with Crippen molar-refractivity contribution >= 4 is 33.2 Å². The number of aryl methyl sites for hydroxylation is 1. The Bertz CT molecular complexity index is 916. The predicted molar refractivity (Wildman–Crippen MR) is 108 cm³/mol. The minimum atomic E-state index is -0.263. The van der Waals surface area contributed by atoms with Crippen LogP contribution in [0.1, 0.15) is 16.7 Å². The Kier molecular flexibility index (Phi) is 6.17. The summed E-state index contributed by atoms with van der Waals surface area (Å²) >= 11 is 9.57. The SMILES string of the molecule is Cc1ccc(Cl)cc1NCc1ccc(OCc2ccccc2F)c(Br)c1. The second-order valence-electron chi connectivity index (χ2n) is 5.96. The molecule has 5 heteroatoms. The highest BCUT2D eigenvalue weighted by atomic mass is 79.9. The molecule has 0 spiro atoms. The summed E-state index contributed by atoms with van der Waals surface area (Å²) in [5, 5.41) is 4.09. The van der Waals surface area contributed by atoms with Gasteiger partial charge >= 0.3 is 0 Å². The number of ether oxygens (including phenoxy) is 1. The van der Waals surface area contributed by atoms with E-state index in [1.807, 2.05) is 43.3 Å². The number of anilines is 1. The summed E-state index contributed by atoms with van der Waals surface area (Å²) in [5.41, 5.74) is 3.77. The van der Waals surface area contributed by atoms with Crippen molar-refractivity contribution in [2.75, 3.05) is 5.32 Å². The molecule has 0 unspecified atom stereocenters. The standard InChI is InChI=1S/C21H18BrClFNO/c1-14-6-8-17(23)11-20(14)25-12-15-7-9-21(18(22)10-15)26-13-16-4-2-3-5-19(16)24/h2-11,25H,12-13H2,1H3. The second-order valence-corrected chi connectivity index (χ2v) is 7.25. The van der Waals surface area contributed by atoms with Gasteiger partial charge in [0.05, 0.1) is 4.47 Å². The van der Waals surface area contributed by atoms with Crippen molar-refractivity contribution in [3.05, 3.63) is 92.7 Å². The lowest BCUT2D eigenvalue weighted by Crippen LogP contribution is -2.02. The predicted octanol–water partition coefficient (Wildman–Crippen LogP) is 6.74. The minimum Gasteiger partial charge on any atom is -0.488 e. The Morgan fingerprint density at radius 2 is 1.88 bits per heavy atom. The lowest BCUT2D eigenvalue weighted by atomic mass is 10.1. The van der Waals surface area contributed by atoms with Gasteiger partial charge in [0.15, 0.2) is 0 Å². The molecule has 0 heterocycles. The fourth-order valence-electron chi connectivity index (χ4n) is 2.52. The number of benzene rings is 3. The Balaban J connectivity index is 1.64. The molecule has 2 nitrogen and oxygen atoms in total. The van der Waals surface area contributed by atoms with E-state index in [4.69, 9.17) is 16.3 Å². The number of hydrogen-bond donors (Lipinski definition) is 1. The molecule has 0 radical (unpaired) electrons. The van der Waals surface area contributed by atoms with Crippen LogP contribution in [0, 0.1) is 12.7 Å². The summed E-state index contributed by atoms with van der Waals surface area (Å²) in [7, 11) is 0. The van der Waals surface area contributed by atoms with E-state index in [1.165, 1.54) is 6.07 Å². The van der Waals surface area contributed by atoms with Crippen molar-refractivity contribution in [1.29, 1.82) is 0 Å². The van der Waals surface area contributed by atoms with Crippen LogP contribution in [-0.4, -0.2) is 0 Å². The highest BCUT2D eigenvalue weighted by Gasteiger charge is 2.07. The first kappa shape index (κ1) is 18.7. The molecular formula is C21H18BrClFNO. The first-order valence-electron chi connectivity index (χ1n) is 8.17. The summed E-state index contributed by atoms with van der Waals surface area (Å²) in [6.45, 7) is 2.88. The lowest BCUT2D eigenvalue weighted by Gasteiger charge is -2.13. The van der Waals surface area contributed by atoms with Crippen LogP contribution in [-0.2, 0) is 13.2 Å². The highest BCUT2D eigenvalue weighted by Crippen LogP contribution is 2.28. The lowest BCUT2D eigenvalue weighted by molar-refractivity contribution is 0.298. The highest BCUT2D eigenvalue weighted by molar-refractivity contribution is 9.10. The number of halogens is 3. The molecule has 0 bridgehead atoms. The van der Waals surface area contributed by atoms with E-state index < -0.39 is 0 Å². The molecule has 26 heavy (non-hydrogen) atoms. The molecule has 3 rings (SSSR count). The third-order valence-corrected chi connectivity index (χ3v) is 4.87. The summed E-state index contributed by atoms with van der Waals surface area (Å²) < 4.78 is 20.2. The monoisotopic (exact) mass is 433 g/mol. The Morgan fingerprint density at radius 3 is 2.65 bits per heavy atom. The van der Waals surface area contributed by atoms with Crippen molar-refractivity contribution in [2.24, 2.45) is 0 Å². The zero-order chi connectivity index (χ0) is 18.5. The van der Waals surface area contributed by atoms with E-state index in [2.05, 4.69) is 21.2 Å². The third kappa shape index (κ3) is 4.77. The van der Waals surface area contributed by atoms with Crippen molar-refractivity contribution in [2.45, 2.75) is 20.1 Å². The Hall–Kier alpha value is -2.04. The van der Waals surface area contributed by atoms with Crippen molar-refractivity contribution in [3.63, 3.8) is 0 Å². The molecule has 0 saturated carbocycles. The van der Waals surface area contributed by atoms with Crippen molar-refractivity contribution < 1.29 is 9.13 Å². The average molecular weight is 435 g/mol. The summed E-state index contributed by atoms with van der Waals surface area (Å²) in [6, 6.07) is 18.2. The molecule has 0 aliphatic heterocycles. The first-order valence-corrected chi connectivity index (χ1v) is 9.34. The fraction of sp³-hybridized carbons (Fsp3) is 0.143. The molecule has 0 amide bonds. The second kappa shape index (κ2) is 8.56. The van der Waals surface area contributed by atoms with Gasteiger partial charge in [0, 0.05) is 22.8 Å². The molecule has 0 saturated heterocycles. The van der Waals surface area contributed by atoms with Crippen LogP contribution in [0.5, 0.6) is 5.75 Å². The van der Waals surface area contributed by atoms with Gasteiger partial charge < -0.3 is 10.1 Å². The van der Waals surface area contributed by atoms with Crippen LogP contribution in [0.25, 0.3) is 0 Å². The van der Waals surface area contributed by atoms with Crippen LogP contribution < -0.4 is 10.1 Å². The van der Waals surface area contributed by atoms with Gasteiger partial charge in [-0.2, -0.15) is 0 Å². The van der Waals surface area contributed by atoms with Gasteiger partial charge in [0.1, 0.15) is 18.2 Å². The topological polar surface area (TPSA) is 21.3 Å². The van der Waals surface area contributed by atoms with Gasteiger partial charge in [-0.25, -0.2) is 4.39 Å². The molecule has 134 valence electrons. The van der Waals surface area contributed by atoms with Gasteiger partial charge in [0.25, 0.3) is 0 Å². The molecule has 0 atom stereocenters. The van der Waals surface area contributed by atoms with E-state index in [9.17, 15) is 4.39 Å². The largest absolute Gasteiger partial charge is 0.488 e. The van der Waals surface area contributed by atoms with Gasteiger partial charge in [-0.3, -0.25) is 0 Å². The van der Waals surface area contributed by atoms with Crippen LogP contribution in [0.2, 0.25) is 5.02 Å². The molecule has 3 aromatic carbocycles. The van der Waals surface area contributed by atoms with Crippen LogP contribution in [0.3, 0.4) is 0 Å². The summed E-state index contributed by atoms with van der Waals surface area (Å²) in [6.07, 6.45) is 0. The molecular weight excluding hydrogens is 417 g/mol. The molecule has 3 aromatic rings. The quantitative estimate of drug-likeness (QED) is 0.464. The number of hydrogen-bond acceptors (Lipinski definition) is 2. The maximum Gasteiger partial charge on any atom is 0.134 e. The minimum absolute atomic E-state index is 0.185. The molecule has 1 N–H and O–H groups in total. The van der Waals surface area contributed by atoms with Crippen LogP contribution >= 0.6 is 27.5 Å². The van der Waals surface area contributed by atoms with Crippen molar-refractivity contribution in [1.82, 2.24) is 0 Å². The van der Waals surface area contributed by atoms with Gasteiger partial charge in [-0.1, -0.05) is 41.9 Å². The van der Waals surface area contributed by atoms with E-state index in [1.54, 1.807) is 18.2 Å². The van der Waals surface area contributed by atoms with Gasteiger partial charge in [-0.05, 0) is 64.3 Å². The molecule has 0 aromatic heterocycles. The third-order valence-electron chi connectivity index (χ3n) is 4.02. The number of rotatable bonds is 6. The molecule has 0 fully saturated rings. The molecule has 0 aliphatic rings. The Labute approximate surface area is 166 Å². The van der Waals surface area contributed by atoms with E-state index >= 15 is 0 Å². The smallest absolute Gasteiger partial charge is 0.134 e. The van der Waals surface area contributed by atoms with Gasteiger partial charge in [-0.15, -0.1) is 0 Å². The summed E-state index contributed by atoms with van der Waals surface area (Å²) in [5.74, 6) is 0.414. The number of nitrogens with one attached hydrogen (secondary N) is 1. The van der Waals surface area contributed by atoms with Crippen LogP contribution in [0.4, 0.5) is 10.1 Å². The molecule has 0 aliphatic carbocycles. The average Bonchev–Trinajstić information content (AvgIpc) is 2.63. The first-order chi connectivity index (χ1) is 12.5. The fourth-order valence-corrected chi connectivity index (χ4v) is 3.24. The van der Waals surface area contributed by atoms with E-state index in [0.29, 0.717) is 22.9 Å². The van der Waals surface area contributed by atoms with Crippen LogP contribution in [0.15, 0.2) is 65.1 Å². The maximum atomic E-state index is 13.7. The Morgan fingerprint density at radius 1 is 1.08 bits per heavy atom. The van der Waals surface area contributed by atoms with E-state index in [-0.39, 0.29) is 12.4 Å². The zero-order valence-corrected chi connectivity index (χ0v) is 16.6. The van der Waals surface area contributed by atoms with Gasteiger partial charge in [0.2, 0.25) is 0 Å². The van der Waals surface area contributed by atoms with E-state index in [0.717, 1.165) is 21.3 Å². The normalized spacial score (nSPS) is 10.6. The zero-order valence-electron chi connectivity index (χ0n) is 14.2. The maximum absolute atomic E-state index is 13.7. The summed E-state index contributed by atoms with van der Waals surface area (Å²) in [4.78, 5) is 0.